The molecule has 9 heavy (non-hydrogen) atoms. The van der Waals surface area contributed by atoms with Gasteiger partial charge in [0.25, 0.3) is 0 Å². The first-order chi connectivity index (χ1) is 4.49. The molecule has 3 atom stereocenters. The topological polar surface area (TPSA) is 0 Å². The molecule has 1 unspecified atom stereocenters. The molecule has 0 saturated carbocycles. The van der Waals surface area contributed by atoms with Gasteiger partial charge in [-0.3, -0.25) is 0 Å². The fraction of sp³-hybridized carbons (Fsp3) is 1.00. The summed E-state index contributed by atoms with van der Waals surface area (Å²) in [5, 5.41) is 0. The molecular weight excluding hydrogens is 242 g/mol. The van der Waals surface area contributed by atoms with Crippen molar-refractivity contribution in [1.82, 2.24) is 0 Å². The van der Waals surface area contributed by atoms with Gasteiger partial charge in [-0.05, 0) is 0 Å². The van der Waals surface area contributed by atoms with Crippen LogP contribution in [-0.2, 0) is 0 Å². The van der Waals surface area contributed by atoms with Crippen molar-refractivity contribution in [2.75, 3.05) is 0 Å². The molecule has 1 fully saturated rings. The zero-order valence-electron chi connectivity index (χ0n) is 7.18. The van der Waals surface area contributed by atoms with E-state index in [9.17, 15) is 0 Å². The molecule has 0 aromatic rings. The summed E-state index contributed by atoms with van der Waals surface area (Å²) in [6.07, 6.45) is 1.38. The van der Waals surface area contributed by atoms with Gasteiger partial charge < -0.3 is 0 Å². The minimum atomic E-state index is -0.00289. The van der Waals surface area contributed by atoms with E-state index >= 15 is 0 Å². The van der Waals surface area contributed by atoms with Gasteiger partial charge in [-0.2, -0.15) is 0 Å². The normalized spacial score (nSPS) is 54.8. The van der Waals surface area contributed by atoms with Crippen molar-refractivity contribution in [3.05, 3.63) is 0 Å². The Kier molecular flexibility index (Phi) is 2.57. The quantitative estimate of drug-likeness (QED) is 0.583. The predicted octanol–water partition coefficient (Wildman–Crippen LogP) is 2.18. The zero-order chi connectivity index (χ0) is 7.78. The standard InChI is InChI=1S/C7H14Se2/c1-5-4-6(2)9-7(3)8-5/h5-7H,4H2,1-3H3/t5-,6+,7?/i7D. The van der Waals surface area contributed by atoms with E-state index in [2.05, 4.69) is 20.8 Å². The van der Waals surface area contributed by atoms with Crippen LogP contribution in [0.4, 0.5) is 0 Å². The fourth-order valence-corrected chi connectivity index (χ4v) is 10.1. The van der Waals surface area contributed by atoms with Crippen molar-refractivity contribution in [2.24, 2.45) is 0 Å². The maximum absolute atomic E-state index is 7.94. The van der Waals surface area contributed by atoms with E-state index in [1.54, 1.807) is 0 Å². The fourth-order valence-electron chi connectivity index (χ4n) is 1.16. The van der Waals surface area contributed by atoms with Crippen molar-refractivity contribution in [1.29, 1.82) is 0 Å². The monoisotopic (exact) mass is 259 g/mol. The summed E-state index contributed by atoms with van der Waals surface area (Å²) >= 11 is 1.17. The van der Waals surface area contributed by atoms with Crippen LogP contribution in [0, 0.1) is 0 Å². The SMILES string of the molecule is [2H]C1(C)[Se][C@H](C)C[C@H](C)[Se]1. The summed E-state index contributed by atoms with van der Waals surface area (Å²) in [5.74, 6) is 0. The Labute approximate surface area is 71.9 Å². The van der Waals surface area contributed by atoms with Gasteiger partial charge in [0, 0.05) is 0 Å². The van der Waals surface area contributed by atoms with Gasteiger partial charge in [-0.25, -0.2) is 0 Å². The Hall–Kier alpha value is 1.04. The number of hydrogen-bond acceptors (Lipinski definition) is 0. The second kappa shape index (κ2) is 3.44. The number of rotatable bonds is 0. The molecule has 0 N–H and O–H groups in total. The van der Waals surface area contributed by atoms with E-state index in [4.69, 9.17) is 1.37 Å². The first kappa shape index (κ1) is 6.73. The Morgan fingerprint density at radius 3 is 2.00 bits per heavy atom. The van der Waals surface area contributed by atoms with Crippen LogP contribution < -0.4 is 0 Å². The van der Waals surface area contributed by atoms with Crippen LogP contribution in [0.5, 0.6) is 0 Å². The van der Waals surface area contributed by atoms with E-state index in [0.717, 1.165) is 9.63 Å². The Morgan fingerprint density at radius 2 is 1.67 bits per heavy atom. The second-order valence-corrected chi connectivity index (χ2v) is 10.8. The van der Waals surface area contributed by atoms with Gasteiger partial charge in [-0.1, -0.05) is 0 Å². The Morgan fingerprint density at radius 1 is 1.22 bits per heavy atom. The molecule has 0 aromatic heterocycles. The third-order valence-electron chi connectivity index (χ3n) is 1.40. The van der Waals surface area contributed by atoms with E-state index < -0.39 is 0 Å². The van der Waals surface area contributed by atoms with Gasteiger partial charge in [0.15, 0.2) is 0 Å². The van der Waals surface area contributed by atoms with Crippen LogP contribution in [0.25, 0.3) is 0 Å². The minimum absolute atomic E-state index is 0.00289. The maximum atomic E-state index is 7.94. The average molecular weight is 257 g/mol. The zero-order valence-corrected chi connectivity index (χ0v) is 9.60. The van der Waals surface area contributed by atoms with Gasteiger partial charge in [-0.15, -0.1) is 0 Å². The van der Waals surface area contributed by atoms with Crippen molar-refractivity contribution in [3.63, 3.8) is 0 Å². The molecule has 54 valence electrons. The summed E-state index contributed by atoms with van der Waals surface area (Å²) in [6, 6.07) is 0. The molecular formula is C7H14Se2. The van der Waals surface area contributed by atoms with E-state index in [-0.39, 0.29) is 3.69 Å². The van der Waals surface area contributed by atoms with Crippen molar-refractivity contribution in [2.45, 2.75) is 40.5 Å². The van der Waals surface area contributed by atoms with Gasteiger partial charge in [0.1, 0.15) is 0 Å². The summed E-state index contributed by atoms with van der Waals surface area (Å²) in [6.45, 7) is 6.73. The van der Waals surface area contributed by atoms with Crippen molar-refractivity contribution < 1.29 is 1.37 Å². The van der Waals surface area contributed by atoms with Crippen LogP contribution in [0.3, 0.4) is 0 Å². The third-order valence-corrected chi connectivity index (χ3v) is 7.38. The third kappa shape index (κ3) is 2.63. The molecule has 0 radical (unpaired) electrons. The van der Waals surface area contributed by atoms with Crippen LogP contribution in [0.2, 0.25) is 13.3 Å². The second-order valence-electron chi connectivity index (χ2n) is 2.58. The molecule has 0 aliphatic carbocycles. The molecule has 1 aliphatic rings. The van der Waals surface area contributed by atoms with Gasteiger partial charge in [0.2, 0.25) is 0 Å². The van der Waals surface area contributed by atoms with Gasteiger partial charge in [0.05, 0.1) is 0 Å². The Bertz CT molecular complexity index is 113. The van der Waals surface area contributed by atoms with Crippen LogP contribution in [0.15, 0.2) is 0 Å². The molecule has 0 aromatic carbocycles. The predicted molar refractivity (Wildman–Crippen MR) is 44.4 cm³/mol. The summed E-state index contributed by atoms with van der Waals surface area (Å²) in [4.78, 5) is 1.70. The summed E-state index contributed by atoms with van der Waals surface area (Å²) in [5.41, 5.74) is 0. The summed E-state index contributed by atoms with van der Waals surface area (Å²) < 4.78 is 7.94. The van der Waals surface area contributed by atoms with Crippen LogP contribution in [0.1, 0.15) is 28.6 Å². The molecule has 1 rings (SSSR count). The average Bonchev–Trinajstić information content (AvgIpc) is 1.54. The molecule has 0 spiro atoms. The van der Waals surface area contributed by atoms with E-state index in [1.807, 2.05) is 0 Å². The molecule has 0 nitrogen and oxygen atoms in total. The molecule has 2 heteroatoms. The van der Waals surface area contributed by atoms with E-state index in [1.165, 1.54) is 6.42 Å². The van der Waals surface area contributed by atoms with E-state index in [0.29, 0.717) is 29.9 Å². The van der Waals surface area contributed by atoms with Crippen molar-refractivity contribution in [3.8, 4) is 0 Å². The first-order valence-corrected chi connectivity index (χ1v) is 7.04. The van der Waals surface area contributed by atoms with Crippen LogP contribution in [-0.4, -0.2) is 29.9 Å². The molecule has 1 saturated heterocycles. The number of hydrogen-bond donors (Lipinski definition) is 0. The first-order valence-electron chi connectivity index (χ1n) is 3.85. The molecule has 0 amide bonds. The Balaban J connectivity index is 2.51. The van der Waals surface area contributed by atoms with Crippen molar-refractivity contribution >= 4 is 29.9 Å². The van der Waals surface area contributed by atoms with Gasteiger partial charge >= 0.3 is 71.8 Å². The molecule has 0 bridgehead atoms. The molecule has 1 heterocycles. The molecule has 1 aliphatic heterocycles. The summed E-state index contributed by atoms with van der Waals surface area (Å²) in [7, 11) is 0. The van der Waals surface area contributed by atoms with Crippen LogP contribution >= 0.6 is 0 Å².